The van der Waals surface area contributed by atoms with E-state index in [0.29, 0.717) is 6.04 Å². The zero-order valence-electron chi connectivity index (χ0n) is 22.3. The number of para-hydroxylation sites is 2. The largest absolute Gasteiger partial charge is 0.246 e. The van der Waals surface area contributed by atoms with Gasteiger partial charge in [-0.2, -0.15) is 9.25 Å². The summed E-state index contributed by atoms with van der Waals surface area (Å²) >= 11 is 0. The Morgan fingerprint density at radius 1 is 0.829 bits per heavy atom. The monoisotopic (exact) mass is 463 g/mol. The highest BCUT2D eigenvalue weighted by Crippen LogP contribution is 2.36. The van der Waals surface area contributed by atoms with Crippen molar-refractivity contribution in [3.05, 3.63) is 89.6 Å². The van der Waals surface area contributed by atoms with E-state index >= 15 is 0 Å². The number of aromatic nitrogens is 3. The molecule has 3 nitrogen and oxygen atoms in total. The van der Waals surface area contributed by atoms with Gasteiger partial charge in [0, 0.05) is 36.1 Å². The fourth-order valence-electron chi connectivity index (χ4n) is 5.50. The van der Waals surface area contributed by atoms with Gasteiger partial charge in [0.2, 0.25) is 16.9 Å². The molecule has 0 saturated carbocycles. The third-order valence-electron chi connectivity index (χ3n) is 7.32. The van der Waals surface area contributed by atoms with Crippen LogP contribution < -0.4 is 9.25 Å². The topological polar surface area (TPSA) is 12.7 Å². The molecule has 0 radical (unpaired) electrons. The Morgan fingerprint density at radius 2 is 1.51 bits per heavy atom. The Hall–Kier alpha value is -3.46. The summed E-state index contributed by atoms with van der Waals surface area (Å²) in [5, 5.41) is 2.55. The first-order valence-corrected chi connectivity index (χ1v) is 12.6. The van der Waals surface area contributed by atoms with Gasteiger partial charge < -0.3 is 0 Å². The van der Waals surface area contributed by atoms with Crippen LogP contribution in [0.2, 0.25) is 0 Å². The molecular weight excluding hydrogens is 426 g/mol. The number of fused-ring (bicyclic) bond motifs is 2. The van der Waals surface area contributed by atoms with Gasteiger partial charge in [0.05, 0.1) is 17.0 Å². The highest BCUT2D eigenvalue weighted by Gasteiger charge is 2.31. The summed E-state index contributed by atoms with van der Waals surface area (Å²) in [7, 11) is 2.20. The fraction of sp³-hybridized carbons (Fsp3) is 0.312. The highest BCUT2D eigenvalue weighted by molar-refractivity contribution is 5.93. The van der Waals surface area contributed by atoms with Crippen molar-refractivity contribution >= 4 is 21.8 Å². The predicted octanol–water partition coefficient (Wildman–Crippen LogP) is 7.06. The van der Waals surface area contributed by atoms with Crippen molar-refractivity contribution in [1.82, 2.24) is 4.68 Å². The summed E-state index contributed by atoms with van der Waals surface area (Å²) < 4.78 is 7.20. The SMILES string of the molecule is Cc1c(-c2c3ccccc3n(C(C)C)[n+]2C)cc(C(C)(C)C)cc1-[n+]1c(C)ccc2ccccc21. The van der Waals surface area contributed by atoms with E-state index < -0.39 is 0 Å². The molecule has 0 aliphatic rings. The molecule has 0 aliphatic carbocycles. The quantitative estimate of drug-likeness (QED) is 0.254. The molecule has 0 spiro atoms. The van der Waals surface area contributed by atoms with E-state index in [1.165, 1.54) is 55.6 Å². The normalized spacial score (nSPS) is 12.3. The van der Waals surface area contributed by atoms with E-state index in [4.69, 9.17) is 0 Å². The van der Waals surface area contributed by atoms with E-state index in [1.54, 1.807) is 0 Å². The lowest BCUT2D eigenvalue weighted by Gasteiger charge is -2.21. The van der Waals surface area contributed by atoms with Gasteiger partial charge in [-0.05, 0) is 62.1 Å². The lowest BCUT2D eigenvalue weighted by molar-refractivity contribution is -0.743. The Bertz CT molecular complexity index is 1580. The summed E-state index contributed by atoms with van der Waals surface area (Å²) in [5.41, 5.74) is 10.2. The maximum atomic E-state index is 2.44. The average Bonchev–Trinajstić information content (AvgIpc) is 3.10. The Kier molecular flexibility index (Phi) is 5.55. The molecule has 3 heteroatoms. The zero-order chi connectivity index (χ0) is 25.1. The summed E-state index contributed by atoms with van der Waals surface area (Å²) in [6.07, 6.45) is 0. The van der Waals surface area contributed by atoms with E-state index in [1.807, 2.05) is 0 Å². The molecule has 0 amide bonds. The number of aryl methyl sites for hydroxylation is 1. The Balaban J connectivity index is 1.93. The molecule has 0 saturated heterocycles. The Labute approximate surface area is 209 Å². The van der Waals surface area contributed by atoms with E-state index in [0.717, 1.165) is 0 Å². The zero-order valence-corrected chi connectivity index (χ0v) is 22.3. The summed E-state index contributed by atoms with van der Waals surface area (Å²) in [6.45, 7) is 15.9. The molecule has 178 valence electrons. The van der Waals surface area contributed by atoms with E-state index in [9.17, 15) is 0 Å². The minimum absolute atomic E-state index is 0.0191. The minimum atomic E-state index is 0.0191. The standard InChI is InChI=1S/C32H37N3/c1-21(2)35-29-16-12-10-14-26(29)31(33(35)8)27-19-25(32(5,6)7)20-30(23(27)4)34-22(3)17-18-24-13-9-11-15-28(24)34/h9-21H,1-8H3/q+2. The van der Waals surface area contributed by atoms with E-state index in [-0.39, 0.29) is 5.41 Å². The minimum Gasteiger partial charge on any atom is -0.157 e. The number of hydrogen-bond acceptors (Lipinski definition) is 0. The molecular formula is C32H37N3+2. The third kappa shape index (κ3) is 3.74. The number of hydrogen-bond donors (Lipinski definition) is 0. The number of rotatable bonds is 3. The lowest BCUT2D eigenvalue weighted by Crippen LogP contribution is -2.42. The fourth-order valence-corrected chi connectivity index (χ4v) is 5.50. The molecule has 0 bridgehead atoms. The van der Waals surface area contributed by atoms with Crippen LogP contribution in [0.15, 0.2) is 72.8 Å². The molecule has 0 atom stereocenters. The molecule has 2 aromatic heterocycles. The van der Waals surface area contributed by atoms with Gasteiger partial charge in [-0.15, -0.1) is 4.68 Å². The third-order valence-corrected chi connectivity index (χ3v) is 7.32. The summed E-state index contributed by atoms with van der Waals surface area (Å²) in [4.78, 5) is 0. The van der Waals surface area contributed by atoms with Crippen molar-refractivity contribution in [2.45, 2.75) is 59.9 Å². The Morgan fingerprint density at radius 3 is 2.23 bits per heavy atom. The van der Waals surface area contributed by atoms with Crippen LogP contribution in [0.3, 0.4) is 0 Å². The van der Waals surface area contributed by atoms with Gasteiger partial charge in [-0.3, -0.25) is 0 Å². The summed E-state index contributed by atoms with van der Waals surface area (Å²) in [6, 6.07) is 27.1. The summed E-state index contributed by atoms with van der Waals surface area (Å²) in [5.74, 6) is 0. The molecule has 0 unspecified atom stereocenters. The van der Waals surface area contributed by atoms with Crippen LogP contribution in [-0.2, 0) is 12.5 Å². The number of benzene rings is 3. The molecule has 35 heavy (non-hydrogen) atoms. The van der Waals surface area contributed by atoms with Crippen LogP contribution in [-0.4, -0.2) is 4.68 Å². The average molecular weight is 464 g/mol. The predicted molar refractivity (Wildman–Crippen MR) is 146 cm³/mol. The van der Waals surface area contributed by atoms with Gasteiger partial charge in [0.25, 0.3) is 0 Å². The molecule has 2 heterocycles. The van der Waals surface area contributed by atoms with Crippen molar-refractivity contribution in [2.75, 3.05) is 0 Å². The van der Waals surface area contributed by atoms with Crippen molar-refractivity contribution in [1.29, 1.82) is 0 Å². The van der Waals surface area contributed by atoms with Crippen molar-refractivity contribution in [3.8, 4) is 16.9 Å². The molecule has 5 aromatic rings. The van der Waals surface area contributed by atoms with Gasteiger partial charge in [0.1, 0.15) is 5.52 Å². The molecule has 0 aliphatic heterocycles. The van der Waals surface area contributed by atoms with Gasteiger partial charge in [-0.1, -0.05) is 45.0 Å². The van der Waals surface area contributed by atoms with Crippen LogP contribution in [0.25, 0.3) is 38.8 Å². The molecule has 0 fully saturated rings. The van der Waals surface area contributed by atoms with E-state index in [2.05, 4.69) is 142 Å². The maximum absolute atomic E-state index is 2.44. The lowest BCUT2D eigenvalue weighted by atomic mass is 9.83. The first-order chi connectivity index (χ1) is 16.6. The first kappa shape index (κ1) is 23.3. The smallest absolute Gasteiger partial charge is 0.157 e. The van der Waals surface area contributed by atoms with Crippen LogP contribution in [0.5, 0.6) is 0 Å². The van der Waals surface area contributed by atoms with Crippen LogP contribution in [0.4, 0.5) is 0 Å². The molecule has 0 N–H and O–H groups in total. The highest BCUT2D eigenvalue weighted by atomic mass is 15.4. The van der Waals surface area contributed by atoms with Crippen LogP contribution >= 0.6 is 0 Å². The second-order valence-electron chi connectivity index (χ2n) is 11.1. The van der Waals surface area contributed by atoms with Crippen LogP contribution in [0.1, 0.15) is 57.5 Å². The molecule has 3 aromatic carbocycles. The van der Waals surface area contributed by atoms with Crippen molar-refractivity contribution in [3.63, 3.8) is 0 Å². The number of pyridine rings is 1. The van der Waals surface area contributed by atoms with Crippen LogP contribution in [0, 0.1) is 13.8 Å². The number of nitrogens with zero attached hydrogens (tertiary/aromatic N) is 3. The van der Waals surface area contributed by atoms with Crippen molar-refractivity contribution in [2.24, 2.45) is 7.05 Å². The molecule has 5 rings (SSSR count). The maximum Gasteiger partial charge on any atom is 0.246 e. The first-order valence-electron chi connectivity index (χ1n) is 12.6. The van der Waals surface area contributed by atoms with Gasteiger partial charge in [-0.25, -0.2) is 0 Å². The second kappa shape index (κ2) is 8.34. The van der Waals surface area contributed by atoms with Gasteiger partial charge in [0.15, 0.2) is 12.7 Å². The van der Waals surface area contributed by atoms with Gasteiger partial charge >= 0.3 is 0 Å². The van der Waals surface area contributed by atoms with Crippen molar-refractivity contribution < 1.29 is 9.25 Å². The second-order valence-corrected chi connectivity index (χ2v) is 11.1.